The van der Waals surface area contributed by atoms with E-state index in [1.807, 2.05) is 60.7 Å². The van der Waals surface area contributed by atoms with E-state index in [2.05, 4.69) is 60.7 Å². The Labute approximate surface area is 228 Å². The van der Waals surface area contributed by atoms with Crippen LogP contribution in [0.1, 0.15) is 0 Å². The Morgan fingerprint density at radius 1 is 0.375 bits per heavy atom. The highest BCUT2D eigenvalue weighted by molar-refractivity contribution is 6.14. The summed E-state index contributed by atoms with van der Waals surface area (Å²) in [6.45, 7) is 0. The molecule has 0 fully saturated rings. The lowest BCUT2D eigenvalue weighted by Crippen LogP contribution is -1.91. The Morgan fingerprint density at radius 3 is 1.30 bits per heavy atom. The molecule has 4 heterocycles. The lowest BCUT2D eigenvalue weighted by molar-refractivity contribution is 0.668. The summed E-state index contributed by atoms with van der Waals surface area (Å²) in [4.78, 5) is 10.4. The van der Waals surface area contributed by atoms with Crippen LogP contribution in [0, 0.1) is 0 Å². The number of hydrogen-bond donors (Lipinski definition) is 0. The molecule has 0 radical (unpaired) electrons. The molecule has 186 valence electrons. The largest absolute Gasteiger partial charge is 0.456 e. The standard InChI is InChI=1S/C36H20N2O2/c1-3-11-29-25(7-1)33-23(9-5-13-31(33)39-29)27-19-17-21-15-16-22-18-20-28(38-36(22)35(21)37-27)24-10-6-14-32-34(24)26-8-2-4-12-30(26)40-32/h1-20H. The second kappa shape index (κ2) is 8.01. The highest BCUT2D eigenvalue weighted by atomic mass is 16.3. The first-order valence-corrected chi connectivity index (χ1v) is 13.3. The molecule has 0 atom stereocenters. The zero-order valence-electron chi connectivity index (χ0n) is 21.3. The van der Waals surface area contributed by atoms with Crippen LogP contribution in [-0.4, -0.2) is 9.97 Å². The van der Waals surface area contributed by atoms with Gasteiger partial charge in [-0.05, 0) is 36.4 Å². The number of nitrogens with zero attached hydrogens (tertiary/aromatic N) is 2. The fraction of sp³-hybridized carbons (Fsp3) is 0. The monoisotopic (exact) mass is 512 g/mol. The van der Waals surface area contributed by atoms with Crippen LogP contribution in [0.5, 0.6) is 0 Å². The third-order valence-corrected chi connectivity index (χ3v) is 7.88. The van der Waals surface area contributed by atoms with E-state index in [4.69, 9.17) is 18.8 Å². The van der Waals surface area contributed by atoms with Crippen molar-refractivity contribution in [1.29, 1.82) is 0 Å². The number of furan rings is 2. The molecule has 0 saturated heterocycles. The van der Waals surface area contributed by atoms with Gasteiger partial charge in [0.2, 0.25) is 0 Å². The van der Waals surface area contributed by atoms with Gasteiger partial charge >= 0.3 is 0 Å². The fourth-order valence-corrected chi connectivity index (χ4v) is 6.04. The number of para-hydroxylation sites is 2. The molecule has 5 aromatic carbocycles. The van der Waals surface area contributed by atoms with Crippen LogP contribution in [0.25, 0.3) is 88.2 Å². The minimum Gasteiger partial charge on any atom is -0.456 e. The third kappa shape index (κ3) is 3.01. The highest BCUT2D eigenvalue weighted by Crippen LogP contribution is 2.39. The van der Waals surface area contributed by atoms with Gasteiger partial charge in [0.15, 0.2) is 0 Å². The Morgan fingerprint density at radius 2 is 0.800 bits per heavy atom. The number of benzene rings is 5. The van der Waals surface area contributed by atoms with Gasteiger partial charge in [0, 0.05) is 43.4 Å². The van der Waals surface area contributed by atoms with Crippen molar-refractivity contribution in [2.24, 2.45) is 0 Å². The summed E-state index contributed by atoms with van der Waals surface area (Å²) < 4.78 is 12.3. The van der Waals surface area contributed by atoms with E-state index in [1.54, 1.807) is 0 Å². The molecule has 40 heavy (non-hydrogen) atoms. The van der Waals surface area contributed by atoms with Crippen molar-refractivity contribution in [3.8, 4) is 22.5 Å². The normalized spacial score (nSPS) is 12.0. The number of fused-ring (bicyclic) bond motifs is 9. The van der Waals surface area contributed by atoms with Crippen LogP contribution in [0.3, 0.4) is 0 Å². The molecule has 4 heteroatoms. The Bertz CT molecular complexity index is 2280. The summed E-state index contributed by atoms with van der Waals surface area (Å²) in [6, 6.07) is 41.3. The summed E-state index contributed by atoms with van der Waals surface area (Å²) in [7, 11) is 0. The summed E-state index contributed by atoms with van der Waals surface area (Å²) in [5.41, 5.74) is 9.13. The molecule has 4 aromatic heterocycles. The van der Waals surface area contributed by atoms with Crippen molar-refractivity contribution >= 4 is 65.7 Å². The first-order valence-electron chi connectivity index (χ1n) is 13.3. The summed E-state index contributed by atoms with van der Waals surface area (Å²) in [5.74, 6) is 0. The second-order valence-corrected chi connectivity index (χ2v) is 10.2. The van der Waals surface area contributed by atoms with Crippen molar-refractivity contribution in [3.05, 3.63) is 121 Å². The zero-order valence-corrected chi connectivity index (χ0v) is 21.3. The third-order valence-electron chi connectivity index (χ3n) is 7.88. The first-order chi connectivity index (χ1) is 19.8. The molecular weight excluding hydrogens is 492 g/mol. The van der Waals surface area contributed by atoms with Crippen LogP contribution in [0.15, 0.2) is 130 Å². The van der Waals surface area contributed by atoms with Gasteiger partial charge in [0.05, 0.1) is 22.4 Å². The van der Waals surface area contributed by atoms with E-state index >= 15 is 0 Å². The molecule has 0 N–H and O–H groups in total. The van der Waals surface area contributed by atoms with Crippen molar-refractivity contribution in [2.75, 3.05) is 0 Å². The smallest absolute Gasteiger partial charge is 0.136 e. The molecule has 0 aliphatic heterocycles. The molecule has 0 saturated carbocycles. The molecule has 0 unspecified atom stereocenters. The molecule has 0 bridgehead atoms. The van der Waals surface area contributed by atoms with Gasteiger partial charge in [0.25, 0.3) is 0 Å². The van der Waals surface area contributed by atoms with Gasteiger partial charge in [-0.2, -0.15) is 0 Å². The maximum atomic E-state index is 6.15. The van der Waals surface area contributed by atoms with Gasteiger partial charge in [-0.15, -0.1) is 0 Å². The van der Waals surface area contributed by atoms with Gasteiger partial charge in [-0.3, -0.25) is 0 Å². The van der Waals surface area contributed by atoms with Crippen LogP contribution in [-0.2, 0) is 0 Å². The molecule has 4 nitrogen and oxygen atoms in total. The Hall–Kier alpha value is -5.48. The minimum atomic E-state index is 0.861. The number of aromatic nitrogens is 2. The SMILES string of the molecule is c1ccc2c(c1)oc1cccc(-c3ccc4ccc5ccc(-c6cccc7oc8ccccc8c67)nc5c4n3)c12. The van der Waals surface area contributed by atoms with E-state index in [0.29, 0.717) is 0 Å². The quantitative estimate of drug-likeness (QED) is 0.216. The topological polar surface area (TPSA) is 52.1 Å². The summed E-state index contributed by atoms with van der Waals surface area (Å²) in [6.07, 6.45) is 0. The second-order valence-electron chi connectivity index (χ2n) is 10.2. The molecule has 9 rings (SSSR count). The average Bonchev–Trinajstić information content (AvgIpc) is 3.59. The predicted molar refractivity (Wildman–Crippen MR) is 162 cm³/mol. The van der Waals surface area contributed by atoms with Gasteiger partial charge in [0.1, 0.15) is 22.3 Å². The Balaban J connectivity index is 1.30. The minimum absolute atomic E-state index is 0.861. The van der Waals surface area contributed by atoms with Gasteiger partial charge < -0.3 is 8.83 Å². The molecule has 9 aromatic rings. The molecule has 0 spiro atoms. The molecular formula is C36H20N2O2. The van der Waals surface area contributed by atoms with E-state index in [1.165, 1.54) is 0 Å². The summed E-state index contributed by atoms with van der Waals surface area (Å²) in [5, 5.41) is 6.45. The highest BCUT2D eigenvalue weighted by Gasteiger charge is 2.16. The number of hydrogen-bond acceptors (Lipinski definition) is 4. The van der Waals surface area contributed by atoms with Crippen molar-refractivity contribution in [1.82, 2.24) is 9.97 Å². The Kier molecular flexibility index (Phi) is 4.30. The number of pyridine rings is 2. The average molecular weight is 513 g/mol. The van der Waals surface area contributed by atoms with Crippen LogP contribution >= 0.6 is 0 Å². The maximum Gasteiger partial charge on any atom is 0.136 e. The predicted octanol–water partition coefficient (Wildman–Crippen LogP) is 9.92. The van der Waals surface area contributed by atoms with E-state index in [-0.39, 0.29) is 0 Å². The van der Waals surface area contributed by atoms with E-state index in [0.717, 1.165) is 88.2 Å². The van der Waals surface area contributed by atoms with Crippen LogP contribution < -0.4 is 0 Å². The van der Waals surface area contributed by atoms with Crippen LogP contribution in [0.2, 0.25) is 0 Å². The fourth-order valence-electron chi connectivity index (χ4n) is 6.04. The van der Waals surface area contributed by atoms with Gasteiger partial charge in [-0.1, -0.05) is 84.9 Å². The maximum absolute atomic E-state index is 6.15. The van der Waals surface area contributed by atoms with Crippen molar-refractivity contribution in [2.45, 2.75) is 0 Å². The summed E-state index contributed by atoms with van der Waals surface area (Å²) >= 11 is 0. The molecule has 0 amide bonds. The van der Waals surface area contributed by atoms with Gasteiger partial charge in [-0.25, -0.2) is 9.97 Å². The van der Waals surface area contributed by atoms with Crippen LogP contribution in [0.4, 0.5) is 0 Å². The first kappa shape index (κ1) is 21.5. The molecule has 0 aliphatic carbocycles. The van der Waals surface area contributed by atoms with E-state index < -0.39 is 0 Å². The van der Waals surface area contributed by atoms with Crippen molar-refractivity contribution in [3.63, 3.8) is 0 Å². The van der Waals surface area contributed by atoms with E-state index in [9.17, 15) is 0 Å². The lowest BCUT2D eigenvalue weighted by Gasteiger charge is -2.09. The lowest BCUT2D eigenvalue weighted by atomic mass is 10.0. The van der Waals surface area contributed by atoms with Crippen molar-refractivity contribution < 1.29 is 8.83 Å². The number of rotatable bonds is 2. The molecule has 0 aliphatic rings. The zero-order chi connectivity index (χ0) is 26.2.